The normalized spacial score (nSPS) is 17.5. The van der Waals surface area contributed by atoms with Crippen LogP contribution in [0, 0.1) is 5.92 Å². The van der Waals surface area contributed by atoms with E-state index in [4.69, 9.17) is 11.6 Å². The summed E-state index contributed by atoms with van der Waals surface area (Å²) in [5.41, 5.74) is 0. The molecule has 1 saturated carbocycles. The zero-order valence-electron chi connectivity index (χ0n) is 12.0. The minimum atomic E-state index is 0.542. The fraction of sp³-hybridized carbons (Fsp3) is 0.733. The molecule has 1 aliphatic rings. The lowest BCUT2D eigenvalue weighted by Gasteiger charge is -2.17. The lowest BCUT2D eigenvalue weighted by molar-refractivity contribution is 0.607. The lowest BCUT2D eigenvalue weighted by atomic mass is 10.1. The first-order valence-corrected chi connectivity index (χ1v) is 7.81. The highest BCUT2D eigenvalue weighted by atomic mass is 35.5. The van der Waals surface area contributed by atoms with Crippen molar-refractivity contribution < 1.29 is 0 Å². The van der Waals surface area contributed by atoms with Crippen molar-refractivity contribution in [3.63, 3.8) is 0 Å². The van der Waals surface area contributed by atoms with Gasteiger partial charge >= 0.3 is 0 Å². The molecule has 1 N–H and O–H groups in total. The Labute approximate surface area is 121 Å². The Kier molecular flexibility index (Phi) is 5.44. The molecule has 4 heteroatoms. The molecule has 0 spiro atoms. The molecule has 0 unspecified atom stereocenters. The van der Waals surface area contributed by atoms with Gasteiger partial charge < -0.3 is 5.32 Å². The third kappa shape index (κ3) is 4.98. The van der Waals surface area contributed by atoms with Crippen molar-refractivity contribution in [1.82, 2.24) is 9.97 Å². The molecule has 0 amide bonds. The molecule has 0 radical (unpaired) electrons. The van der Waals surface area contributed by atoms with Crippen LogP contribution < -0.4 is 5.32 Å². The van der Waals surface area contributed by atoms with Crippen LogP contribution in [0.5, 0.6) is 0 Å². The third-order valence-electron chi connectivity index (χ3n) is 3.54. The monoisotopic (exact) mass is 281 g/mol. The first-order valence-electron chi connectivity index (χ1n) is 7.43. The first kappa shape index (κ1) is 14.6. The van der Waals surface area contributed by atoms with Crippen LogP contribution in [0.2, 0.25) is 5.15 Å². The minimum Gasteiger partial charge on any atom is -0.367 e. The van der Waals surface area contributed by atoms with E-state index in [0.717, 1.165) is 18.1 Å². The van der Waals surface area contributed by atoms with E-state index >= 15 is 0 Å². The van der Waals surface area contributed by atoms with E-state index in [0.29, 0.717) is 17.1 Å². The van der Waals surface area contributed by atoms with Crippen LogP contribution >= 0.6 is 11.6 Å². The molecule has 0 aliphatic heterocycles. The first-order chi connectivity index (χ1) is 9.13. The van der Waals surface area contributed by atoms with E-state index in [1.807, 2.05) is 6.07 Å². The number of hydrogen-bond donors (Lipinski definition) is 1. The Hall–Kier alpha value is -0.830. The fourth-order valence-electron chi connectivity index (χ4n) is 2.63. The molecule has 106 valence electrons. The predicted molar refractivity (Wildman–Crippen MR) is 80.7 cm³/mol. The van der Waals surface area contributed by atoms with E-state index in [2.05, 4.69) is 29.1 Å². The summed E-state index contributed by atoms with van der Waals surface area (Å²) in [5.74, 6) is 2.28. The van der Waals surface area contributed by atoms with Crippen molar-refractivity contribution in [1.29, 1.82) is 0 Å². The zero-order chi connectivity index (χ0) is 13.7. The summed E-state index contributed by atoms with van der Waals surface area (Å²) in [5, 5.41) is 4.08. The number of aromatic nitrogens is 2. The zero-order valence-corrected chi connectivity index (χ0v) is 12.7. The van der Waals surface area contributed by atoms with E-state index in [1.54, 1.807) is 0 Å². The van der Waals surface area contributed by atoms with Crippen LogP contribution in [0.1, 0.15) is 58.2 Å². The van der Waals surface area contributed by atoms with Gasteiger partial charge in [-0.15, -0.1) is 0 Å². The minimum absolute atomic E-state index is 0.542. The molecule has 1 aromatic rings. The summed E-state index contributed by atoms with van der Waals surface area (Å²) in [6.45, 7) is 4.34. The van der Waals surface area contributed by atoms with Crippen LogP contribution in [-0.4, -0.2) is 16.0 Å². The highest BCUT2D eigenvalue weighted by Gasteiger charge is 2.13. The number of nitrogens with one attached hydrogen (secondary N) is 1. The van der Waals surface area contributed by atoms with Gasteiger partial charge in [-0.1, -0.05) is 51.1 Å². The van der Waals surface area contributed by atoms with E-state index < -0.39 is 0 Å². The topological polar surface area (TPSA) is 37.8 Å². The summed E-state index contributed by atoms with van der Waals surface area (Å²) >= 11 is 6.09. The van der Waals surface area contributed by atoms with Gasteiger partial charge in [-0.3, -0.25) is 0 Å². The molecule has 1 aliphatic carbocycles. The molecule has 2 rings (SSSR count). The Balaban J connectivity index is 2.04. The van der Waals surface area contributed by atoms with E-state index in [-0.39, 0.29) is 0 Å². The van der Waals surface area contributed by atoms with E-state index in [1.165, 1.54) is 38.5 Å². The number of halogens is 1. The summed E-state index contributed by atoms with van der Waals surface area (Å²) in [4.78, 5) is 8.89. The molecule has 0 atom stereocenters. The molecular weight excluding hydrogens is 258 g/mol. The molecule has 1 aromatic heterocycles. The summed E-state index contributed by atoms with van der Waals surface area (Å²) in [6, 6.07) is 2.39. The highest BCUT2D eigenvalue weighted by molar-refractivity contribution is 6.29. The fourth-order valence-corrected chi connectivity index (χ4v) is 2.83. The van der Waals surface area contributed by atoms with Crippen LogP contribution in [-0.2, 0) is 6.42 Å². The van der Waals surface area contributed by atoms with Crippen molar-refractivity contribution >= 4 is 17.4 Å². The molecule has 0 aromatic carbocycles. The van der Waals surface area contributed by atoms with Gasteiger partial charge in [0.15, 0.2) is 0 Å². The number of rotatable bonds is 4. The maximum absolute atomic E-state index is 6.09. The Morgan fingerprint density at radius 3 is 2.53 bits per heavy atom. The Bertz CT molecular complexity index is 398. The van der Waals surface area contributed by atoms with Crippen molar-refractivity contribution in [2.75, 3.05) is 5.32 Å². The SMILES string of the molecule is CC(C)Cc1nc(Cl)cc(NC2CCCCCC2)n1. The largest absolute Gasteiger partial charge is 0.367 e. The van der Waals surface area contributed by atoms with Gasteiger partial charge in [0.05, 0.1) is 0 Å². The lowest BCUT2D eigenvalue weighted by Crippen LogP contribution is -2.19. The van der Waals surface area contributed by atoms with Gasteiger partial charge in [-0.2, -0.15) is 0 Å². The summed E-state index contributed by atoms with van der Waals surface area (Å²) in [7, 11) is 0. The van der Waals surface area contributed by atoms with Crippen LogP contribution in [0.15, 0.2) is 6.07 Å². The molecule has 0 saturated heterocycles. The van der Waals surface area contributed by atoms with Gasteiger partial charge in [0.1, 0.15) is 16.8 Å². The molecular formula is C15H24ClN3. The van der Waals surface area contributed by atoms with Gasteiger partial charge in [-0.05, 0) is 18.8 Å². The highest BCUT2D eigenvalue weighted by Crippen LogP contribution is 2.21. The maximum Gasteiger partial charge on any atom is 0.134 e. The molecule has 0 bridgehead atoms. The average Bonchev–Trinajstić information content (AvgIpc) is 2.55. The average molecular weight is 282 g/mol. The quantitative estimate of drug-likeness (QED) is 0.654. The van der Waals surface area contributed by atoms with Crippen molar-refractivity contribution in [2.45, 2.75) is 64.8 Å². The standard InChI is InChI=1S/C15H24ClN3/c1-11(2)9-14-18-13(16)10-15(19-14)17-12-7-5-3-4-6-8-12/h10-12H,3-9H2,1-2H3,(H,17,18,19). The second-order valence-corrected chi connectivity index (χ2v) is 6.31. The molecule has 3 nitrogen and oxygen atoms in total. The second kappa shape index (κ2) is 7.09. The molecule has 19 heavy (non-hydrogen) atoms. The summed E-state index contributed by atoms with van der Waals surface area (Å²) < 4.78 is 0. The molecule has 1 fully saturated rings. The van der Waals surface area contributed by atoms with Crippen molar-refractivity contribution in [3.05, 3.63) is 17.0 Å². The van der Waals surface area contributed by atoms with Crippen molar-refractivity contribution in [2.24, 2.45) is 5.92 Å². The molecule has 1 heterocycles. The maximum atomic E-state index is 6.09. The number of nitrogens with zero attached hydrogens (tertiary/aromatic N) is 2. The Morgan fingerprint density at radius 2 is 1.89 bits per heavy atom. The predicted octanol–water partition coefficient (Wildman–Crippen LogP) is 4.46. The summed E-state index contributed by atoms with van der Waals surface area (Å²) in [6.07, 6.45) is 8.70. The number of anilines is 1. The van der Waals surface area contributed by atoms with Crippen molar-refractivity contribution in [3.8, 4) is 0 Å². The van der Waals surface area contributed by atoms with Gasteiger partial charge in [0, 0.05) is 18.5 Å². The van der Waals surface area contributed by atoms with Gasteiger partial charge in [0.25, 0.3) is 0 Å². The smallest absolute Gasteiger partial charge is 0.134 e. The van der Waals surface area contributed by atoms with Crippen LogP contribution in [0.25, 0.3) is 0 Å². The second-order valence-electron chi connectivity index (χ2n) is 5.92. The third-order valence-corrected chi connectivity index (χ3v) is 3.73. The Morgan fingerprint density at radius 1 is 1.21 bits per heavy atom. The van der Waals surface area contributed by atoms with Crippen LogP contribution in [0.3, 0.4) is 0 Å². The van der Waals surface area contributed by atoms with E-state index in [9.17, 15) is 0 Å². The van der Waals surface area contributed by atoms with Crippen LogP contribution in [0.4, 0.5) is 5.82 Å². The van der Waals surface area contributed by atoms with Gasteiger partial charge in [0.2, 0.25) is 0 Å². The number of hydrogen-bond acceptors (Lipinski definition) is 3. The van der Waals surface area contributed by atoms with Gasteiger partial charge in [-0.25, -0.2) is 9.97 Å².